The van der Waals surface area contributed by atoms with Crippen LogP contribution in [0.15, 0.2) is 65.9 Å². The molecule has 0 aliphatic carbocycles. The number of carbonyl (C=O) groups excluding carboxylic acids is 2. The molecule has 3 nitrogen and oxygen atoms in total. The molecule has 2 aromatic carbocycles. The van der Waals surface area contributed by atoms with Gasteiger partial charge in [-0.1, -0.05) is 67.4 Å². The van der Waals surface area contributed by atoms with Gasteiger partial charge in [-0.15, -0.1) is 0 Å². The van der Waals surface area contributed by atoms with E-state index in [4.69, 9.17) is 11.6 Å². The summed E-state index contributed by atoms with van der Waals surface area (Å²) in [7, 11) is 0. The first-order valence-electron chi connectivity index (χ1n) is 9.47. The molecule has 27 heavy (non-hydrogen) atoms. The lowest BCUT2D eigenvalue weighted by molar-refractivity contribution is -0.130. The van der Waals surface area contributed by atoms with E-state index in [-0.39, 0.29) is 11.7 Å². The first kappa shape index (κ1) is 19.4. The molecule has 0 atom stereocenters. The van der Waals surface area contributed by atoms with Crippen molar-refractivity contribution >= 4 is 23.3 Å². The SMILES string of the molecule is CCCCC1=C(C(=O)c2ccccc2Cl)CCC(=O)N1Cc1ccccc1. The maximum Gasteiger partial charge on any atom is 0.227 e. The second-order valence-corrected chi connectivity index (χ2v) is 7.21. The number of rotatable bonds is 7. The maximum absolute atomic E-state index is 13.2. The molecule has 140 valence electrons. The zero-order valence-electron chi connectivity index (χ0n) is 15.6. The molecule has 0 bridgehead atoms. The summed E-state index contributed by atoms with van der Waals surface area (Å²) < 4.78 is 0. The van der Waals surface area contributed by atoms with Crippen LogP contribution in [-0.4, -0.2) is 16.6 Å². The molecule has 0 saturated heterocycles. The standard InChI is InChI=1S/C23H24ClNO2/c1-2-3-13-21-19(23(27)18-11-7-8-12-20(18)24)14-15-22(26)25(21)16-17-9-5-4-6-10-17/h4-12H,2-3,13-16H2,1H3. The average Bonchev–Trinajstić information content (AvgIpc) is 2.69. The Morgan fingerprint density at radius 3 is 2.44 bits per heavy atom. The van der Waals surface area contributed by atoms with Gasteiger partial charge >= 0.3 is 0 Å². The lowest BCUT2D eigenvalue weighted by Gasteiger charge is -2.32. The van der Waals surface area contributed by atoms with Crippen molar-refractivity contribution in [2.45, 2.75) is 45.6 Å². The fourth-order valence-corrected chi connectivity index (χ4v) is 3.68. The minimum atomic E-state index is -0.0581. The number of Topliss-reactive ketones (excluding diaryl/α,β-unsaturated/α-hetero) is 1. The quantitative estimate of drug-likeness (QED) is 0.569. The Morgan fingerprint density at radius 1 is 1.04 bits per heavy atom. The van der Waals surface area contributed by atoms with Crippen LogP contribution in [0.3, 0.4) is 0 Å². The second-order valence-electron chi connectivity index (χ2n) is 6.80. The molecule has 1 aliphatic heterocycles. The number of benzene rings is 2. The van der Waals surface area contributed by atoms with E-state index < -0.39 is 0 Å². The second kappa shape index (κ2) is 9.01. The van der Waals surface area contributed by atoms with E-state index in [9.17, 15) is 9.59 Å². The fourth-order valence-electron chi connectivity index (χ4n) is 3.46. The third kappa shape index (κ3) is 4.48. The van der Waals surface area contributed by atoms with Gasteiger partial charge in [0.1, 0.15) is 0 Å². The van der Waals surface area contributed by atoms with Gasteiger partial charge in [-0.2, -0.15) is 0 Å². The summed E-state index contributed by atoms with van der Waals surface area (Å²) in [5.74, 6) is 0.0259. The Bertz CT molecular complexity index is 858. The molecule has 1 heterocycles. The van der Waals surface area contributed by atoms with Gasteiger partial charge in [0.25, 0.3) is 0 Å². The monoisotopic (exact) mass is 381 g/mol. The molecule has 0 saturated carbocycles. The van der Waals surface area contributed by atoms with Gasteiger partial charge in [0.05, 0.1) is 11.6 Å². The van der Waals surface area contributed by atoms with Gasteiger partial charge in [-0.25, -0.2) is 0 Å². The number of halogens is 1. The molecule has 0 N–H and O–H groups in total. The lowest BCUT2D eigenvalue weighted by atomic mass is 9.91. The van der Waals surface area contributed by atoms with Crippen LogP contribution in [0, 0.1) is 0 Å². The maximum atomic E-state index is 13.2. The van der Waals surface area contributed by atoms with Crippen molar-refractivity contribution < 1.29 is 9.59 Å². The molecule has 0 radical (unpaired) electrons. The van der Waals surface area contributed by atoms with Crippen molar-refractivity contribution in [2.75, 3.05) is 0 Å². The molecular weight excluding hydrogens is 358 g/mol. The predicted molar refractivity (Wildman–Crippen MR) is 109 cm³/mol. The normalized spacial score (nSPS) is 14.6. The Kier molecular flexibility index (Phi) is 6.46. The third-order valence-corrected chi connectivity index (χ3v) is 5.24. The van der Waals surface area contributed by atoms with Crippen LogP contribution in [0.4, 0.5) is 0 Å². The first-order chi connectivity index (χ1) is 13.1. The van der Waals surface area contributed by atoms with Crippen LogP contribution >= 0.6 is 11.6 Å². The van der Waals surface area contributed by atoms with E-state index in [1.807, 2.05) is 42.5 Å². The van der Waals surface area contributed by atoms with Crippen molar-refractivity contribution in [1.82, 2.24) is 4.90 Å². The van der Waals surface area contributed by atoms with Gasteiger partial charge in [0.15, 0.2) is 5.78 Å². The molecule has 3 rings (SSSR count). The molecule has 1 amide bonds. The van der Waals surface area contributed by atoms with Crippen molar-refractivity contribution in [3.63, 3.8) is 0 Å². The Balaban J connectivity index is 2.00. The average molecular weight is 382 g/mol. The summed E-state index contributed by atoms with van der Waals surface area (Å²) in [5, 5.41) is 0.455. The van der Waals surface area contributed by atoms with Crippen LogP contribution < -0.4 is 0 Å². The van der Waals surface area contributed by atoms with Gasteiger partial charge < -0.3 is 4.90 Å². The summed E-state index contributed by atoms with van der Waals surface area (Å²) in [6.45, 7) is 2.61. The van der Waals surface area contributed by atoms with E-state index in [0.717, 1.165) is 36.1 Å². The first-order valence-corrected chi connectivity index (χ1v) is 9.85. The molecular formula is C23H24ClNO2. The third-order valence-electron chi connectivity index (χ3n) is 4.91. The van der Waals surface area contributed by atoms with Crippen molar-refractivity contribution in [2.24, 2.45) is 0 Å². The van der Waals surface area contributed by atoms with Crippen LogP contribution in [0.1, 0.15) is 54.9 Å². The van der Waals surface area contributed by atoms with E-state index in [1.54, 1.807) is 17.0 Å². The minimum Gasteiger partial charge on any atom is -0.311 e. The fraction of sp³-hybridized carbons (Fsp3) is 0.304. The highest BCUT2D eigenvalue weighted by Crippen LogP contribution is 2.32. The van der Waals surface area contributed by atoms with Gasteiger partial charge in [-0.05, 0) is 37.0 Å². The number of carbonyl (C=O) groups is 2. The molecule has 0 unspecified atom stereocenters. The number of unbranched alkanes of at least 4 members (excludes halogenated alkanes) is 1. The van der Waals surface area contributed by atoms with E-state index in [2.05, 4.69) is 6.92 Å². The smallest absolute Gasteiger partial charge is 0.227 e. The molecule has 4 heteroatoms. The summed E-state index contributed by atoms with van der Waals surface area (Å²) in [6.07, 6.45) is 3.50. The van der Waals surface area contributed by atoms with Crippen LogP contribution in [0.5, 0.6) is 0 Å². The molecule has 0 fully saturated rings. The molecule has 2 aromatic rings. The number of nitrogens with zero attached hydrogens (tertiary/aromatic N) is 1. The molecule has 0 spiro atoms. The number of amides is 1. The number of allylic oxidation sites excluding steroid dienone is 2. The Morgan fingerprint density at radius 2 is 1.74 bits per heavy atom. The minimum absolute atomic E-state index is 0.0581. The van der Waals surface area contributed by atoms with Gasteiger partial charge in [-0.3, -0.25) is 9.59 Å². The number of hydrogen-bond donors (Lipinski definition) is 0. The summed E-state index contributed by atoms with van der Waals surface area (Å²) in [6, 6.07) is 17.0. The zero-order chi connectivity index (χ0) is 19.2. The van der Waals surface area contributed by atoms with Gasteiger partial charge in [0, 0.05) is 23.3 Å². The van der Waals surface area contributed by atoms with Crippen molar-refractivity contribution in [1.29, 1.82) is 0 Å². The highest BCUT2D eigenvalue weighted by molar-refractivity contribution is 6.35. The van der Waals surface area contributed by atoms with Crippen LogP contribution in [-0.2, 0) is 11.3 Å². The Hall–Kier alpha value is -2.39. The lowest BCUT2D eigenvalue weighted by Crippen LogP contribution is -2.35. The zero-order valence-corrected chi connectivity index (χ0v) is 16.3. The largest absolute Gasteiger partial charge is 0.311 e. The van der Waals surface area contributed by atoms with Crippen LogP contribution in [0.2, 0.25) is 5.02 Å². The molecule has 0 aromatic heterocycles. The van der Waals surface area contributed by atoms with E-state index in [1.165, 1.54) is 0 Å². The number of hydrogen-bond acceptors (Lipinski definition) is 2. The Labute approximate surface area is 165 Å². The number of ketones is 1. The van der Waals surface area contributed by atoms with Gasteiger partial charge in [0.2, 0.25) is 5.91 Å². The highest BCUT2D eigenvalue weighted by atomic mass is 35.5. The van der Waals surface area contributed by atoms with Crippen molar-refractivity contribution in [3.05, 3.63) is 82.0 Å². The van der Waals surface area contributed by atoms with Crippen LogP contribution in [0.25, 0.3) is 0 Å². The van der Waals surface area contributed by atoms with E-state index >= 15 is 0 Å². The molecule has 1 aliphatic rings. The topological polar surface area (TPSA) is 37.4 Å². The summed E-state index contributed by atoms with van der Waals surface area (Å²) in [5.41, 5.74) is 3.16. The highest BCUT2D eigenvalue weighted by Gasteiger charge is 2.30. The van der Waals surface area contributed by atoms with Crippen molar-refractivity contribution in [3.8, 4) is 0 Å². The summed E-state index contributed by atoms with van der Waals surface area (Å²) in [4.78, 5) is 27.7. The summed E-state index contributed by atoms with van der Waals surface area (Å²) >= 11 is 6.26. The predicted octanol–water partition coefficient (Wildman–Crippen LogP) is 5.79. The van der Waals surface area contributed by atoms with E-state index in [0.29, 0.717) is 30.0 Å².